The molecule has 2 N–H and O–H groups in total. The molecule has 0 bridgehead atoms. The second kappa shape index (κ2) is 9.93. The van der Waals surface area contributed by atoms with Crippen LogP contribution < -0.4 is 16.1 Å². The van der Waals surface area contributed by atoms with Gasteiger partial charge in [0.15, 0.2) is 0 Å². The van der Waals surface area contributed by atoms with Crippen LogP contribution in [0.5, 0.6) is 0 Å². The summed E-state index contributed by atoms with van der Waals surface area (Å²) in [6, 6.07) is 9.42. The van der Waals surface area contributed by atoms with Crippen molar-refractivity contribution in [2.24, 2.45) is 0 Å². The lowest BCUT2D eigenvalue weighted by Gasteiger charge is -2.24. The largest absolute Gasteiger partial charge is 0.380 e. The Labute approximate surface area is 194 Å². The molecule has 0 radical (unpaired) electrons. The number of hydrogen-bond acceptors (Lipinski definition) is 4. The predicted octanol–water partition coefficient (Wildman–Crippen LogP) is 1.37. The van der Waals surface area contributed by atoms with Crippen molar-refractivity contribution in [1.82, 2.24) is 9.80 Å². The topological polar surface area (TPSA) is 73.9 Å². The van der Waals surface area contributed by atoms with Gasteiger partial charge in [-0.25, -0.2) is 9.18 Å². The van der Waals surface area contributed by atoms with Gasteiger partial charge in [-0.15, -0.1) is 0 Å². The van der Waals surface area contributed by atoms with E-state index < -0.39 is 17.9 Å². The third-order valence-corrected chi connectivity index (χ3v) is 6.58. The third kappa shape index (κ3) is 5.37. The maximum absolute atomic E-state index is 13.9. The smallest absolute Gasteiger partial charge is 0.322 e. The molecule has 1 fully saturated rings. The molecule has 2 aromatic rings. The van der Waals surface area contributed by atoms with Crippen molar-refractivity contribution in [2.45, 2.75) is 31.4 Å². The van der Waals surface area contributed by atoms with Gasteiger partial charge in [-0.2, -0.15) is 0 Å². The molecule has 2 aliphatic rings. The van der Waals surface area contributed by atoms with Crippen LogP contribution in [-0.4, -0.2) is 75.5 Å². The normalized spacial score (nSPS) is 20.8. The molecule has 2 heterocycles. The molecule has 4 rings (SSSR count). The number of amides is 3. The number of carbonyl (C=O) groups is 2. The molecule has 174 valence electrons. The van der Waals surface area contributed by atoms with Crippen LogP contribution in [0.2, 0.25) is 0 Å². The summed E-state index contributed by atoms with van der Waals surface area (Å²) in [6.45, 7) is 2.29. The molecule has 0 spiro atoms. The number of urea groups is 1. The van der Waals surface area contributed by atoms with Gasteiger partial charge in [-0.05, 0) is 55.3 Å². The van der Waals surface area contributed by atoms with Crippen molar-refractivity contribution in [3.05, 3.63) is 53.3 Å². The number of likely N-dealkylation sites (tertiary alicyclic amines) is 1. The number of benzene rings is 2. The van der Waals surface area contributed by atoms with Crippen LogP contribution in [0.25, 0.3) is 0 Å². The highest BCUT2D eigenvalue weighted by atomic mass is 19.1. The summed E-state index contributed by atoms with van der Waals surface area (Å²) in [5.74, 6) is -0.654. The summed E-state index contributed by atoms with van der Waals surface area (Å²) in [5, 5.41) is 5.69. The maximum atomic E-state index is 13.9. The number of rotatable bonds is 4. The zero-order chi connectivity index (χ0) is 23.5. The zero-order valence-electron chi connectivity index (χ0n) is 19.4. The van der Waals surface area contributed by atoms with E-state index in [0.29, 0.717) is 17.6 Å². The fourth-order valence-corrected chi connectivity index (χ4v) is 4.45. The highest BCUT2D eigenvalue weighted by Gasteiger charge is 2.40. The van der Waals surface area contributed by atoms with E-state index in [1.54, 1.807) is 27.1 Å². The fraction of sp³-hybridized carbons (Fsp3) is 0.417. The minimum atomic E-state index is -0.685. The van der Waals surface area contributed by atoms with Gasteiger partial charge in [0.25, 0.3) is 0 Å². The highest BCUT2D eigenvalue weighted by Crippen LogP contribution is 2.25. The van der Waals surface area contributed by atoms with Gasteiger partial charge < -0.3 is 25.2 Å². The fourth-order valence-electron chi connectivity index (χ4n) is 4.45. The average Bonchev–Trinajstić information content (AvgIpc) is 3.16. The van der Waals surface area contributed by atoms with Gasteiger partial charge >= 0.3 is 6.03 Å². The van der Waals surface area contributed by atoms with Gasteiger partial charge in [0.2, 0.25) is 5.91 Å². The molecule has 2 atom stereocenters. The number of anilines is 2. The van der Waals surface area contributed by atoms with Crippen LogP contribution in [0.1, 0.15) is 17.5 Å². The maximum Gasteiger partial charge on any atom is 0.322 e. The Morgan fingerprint density at radius 3 is 2.48 bits per heavy atom. The lowest BCUT2D eigenvalue weighted by molar-refractivity contribution is -0.119. The number of fused-ring (bicyclic) bond motifs is 1. The molecule has 7 nitrogen and oxygen atoms in total. The highest BCUT2D eigenvalue weighted by molar-refractivity contribution is 6.32. The lowest BCUT2D eigenvalue weighted by Crippen LogP contribution is -2.45. The van der Waals surface area contributed by atoms with E-state index in [1.165, 1.54) is 22.1 Å². The Bertz CT molecular complexity index is 1050. The summed E-state index contributed by atoms with van der Waals surface area (Å²) in [7, 11) is 5.34. The summed E-state index contributed by atoms with van der Waals surface area (Å²) in [4.78, 5) is 29.9. The Hall–Kier alpha value is -2.91. The Balaban J connectivity index is 1.47. The van der Waals surface area contributed by atoms with Gasteiger partial charge in [0.05, 0.1) is 6.10 Å². The Morgan fingerprint density at radius 2 is 1.76 bits per heavy atom. The van der Waals surface area contributed by atoms with Crippen molar-refractivity contribution in [2.75, 3.05) is 44.4 Å². The van der Waals surface area contributed by atoms with Crippen molar-refractivity contribution < 1.29 is 18.7 Å². The van der Waals surface area contributed by atoms with Crippen LogP contribution in [0.3, 0.4) is 0 Å². The molecular formula is C24H30BFN4O3. The SMILES string of the molecule is Bc1ccc(NC(=O)N2CC(OC)C[C@@H]2C(=O)Nc2ccc3c(c2)CCN(C)CC3)cc1F. The molecule has 0 aromatic heterocycles. The lowest BCUT2D eigenvalue weighted by atomic mass is 9.95. The van der Waals surface area contributed by atoms with Crippen LogP contribution in [-0.2, 0) is 22.4 Å². The number of ether oxygens (including phenoxy) is 1. The average molecular weight is 452 g/mol. The van der Waals surface area contributed by atoms with E-state index >= 15 is 0 Å². The Kier molecular flexibility index (Phi) is 7.00. The van der Waals surface area contributed by atoms with Crippen LogP contribution in [0.4, 0.5) is 20.6 Å². The molecule has 0 aliphatic carbocycles. The number of methoxy groups -OCH3 is 1. The molecule has 33 heavy (non-hydrogen) atoms. The van der Waals surface area contributed by atoms with Gasteiger partial charge in [0.1, 0.15) is 19.7 Å². The van der Waals surface area contributed by atoms with Crippen molar-refractivity contribution in [1.29, 1.82) is 0 Å². The third-order valence-electron chi connectivity index (χ3n) is 6.58. The molecule has 1 unspecified atom stereocenters. The minimum absolute atomic E-state index is 0.246. The van der Waals surface area contributed by atoms with E-state index in [4.69, 9.17) is 4.74 Å². The summed E-state index contributed by atoms with van der Waals surface area (Å²) < 4.78 is 19.3. The summed E-state index contributed by atoms with van der Waals surface area (Å²) in [6.07, 6.45) is 2.08. The van der Waals surface area contributed by atoms with E-state index in [9.17, 15) is 14.0 Å². The van der Waals surface area contributed by atoms with Gasteiger partial charge in [-0.3, -0.25) is 4.79 Å². The second-order valence-electron chi connectivity index (χ2n) is 8.93. The molecule has 2 aromatic carbocycles. The number of hydrogen-bond donors (Lipinski definition) is 2. The molecular weight excluding hydrogens is 422 g/mol. The first-order valence-corrected chi connectivity index (χ1v) is 11.3. The second-order valence-corrected chi connectivity index (χ2v) is 8.93. The molecule has 0 saturated carbocycles. The van der Waals surface area contributed by atoms with Crippen molar-refractivity contribution in [3.8, 4) is 0 Å². The first-order chi connectivity index (χ1) is 15.8. The minimum Gasteiger partial charge on any atom is -0.380 e. The van der Waals surface area contributed by atoms with Crippen LogP contribution in [0, 0.1) is 5.82 Å². The first-order valence-electron chi connectivity index (χ1n) is 11.3. The Morgan fingerprint density at radius 1 is 1.06 bits per heavy atom. The van der Waals surface area contributed by atoms with E-state index in [-0.39, 0.29) is 18.6 Å². The van der Waals surface area contributed by atoms with Crippen LogP contribution in [0.15, 0.2) is 36.4 Å². The van der Waals surface area contributed by atoms with Crippen molar-refractivity contribution in [3.63, 3.8) is 0 Å². The van der Waals surface area contributed by atoms with Crippen molar-refractivity contribution >= 4 is 36.6 Å². The molecule has 9 heteroatoms. The molecule has 2 aliphatic heterocycles. The predicted molar refractivity (Wildman–Crippen MR) is 129 cm³/mol. The first kappa shape index (κ1) is 23.3. The standard InChI is InChI=1S/C24H30BFN4O3/c1-29-9-7-15-3-4-17(11-16(15)8-10-29)27-23(31)22-13-19(33-2)14-30(22)24(32)28-18-5-6-20(25)21(26)12-18/h3-6,11-12,19,22H,7-10,13-14,25H2,1-2H3,(H,27,31)(H,28,32)/t19?,22-/m1/s1. The molecule has 1 saturated heterocycles. The molecule has 3 amide bonds. The number of nitrogens with zero attached hydrogens (tertiary/aromatic N) is 2. The van der Waals surface area contributed by atoms with Crippen LogP contribution >= 0.6 is 0 Å². The zero-order valence-corrected chi connectivity index (χ0v) is 19.4. The number of carbonyl (C=O) groups excluding carboxylic acids is 2. The van der Waals surface area contributed by atoms with E-state index in [1.807, 2.05) is 12.1 Å². The summed E-state index contributed by atoms with van der Waals surface area (Å²) >= 11 is 0. The van der Waals surface area contributed by atoms with Gasteiger partial charge in [-0.1, -0.05) is 17.6 Å². The quantitative estimate of drug-likeness (QED) is 0.688. The van der Waals surface area contributed by atoms with Gasteiger partial charge in [0, 0.05) is 44.5 Å². The number of nitrogens with one attached hydrogen (secondary N) is 2. The number of halogens is 1. The van der Waals surface area contributed by atoms with E-state index in [0.717, 1.165) is 31.6 Å². The van der Waals surface area contributed by atoms with E-state index in [2.05, 4.69) is 28.6 Å². The number of likely N-dealkylation sites (N-methyl/N-ethyl adjacent to an activating group) is 1. The summed E-state index contributed by atoms with van der Waals surface area (Å²) in [5.41, 5.74) is 4.13. The monoisotopic (exact) mass is 452 g/mol.